The smallest absolute Gasteiger partial charge is 0.330 e. The number of aromatic amines is 1. The quantitative estimate of drug-likeness (QED) is 0.411. The minimum absolute atomic E-state index is 0.0462. The first kappa shape index (κ1) is 14.0. The molecule has 1 aromatic heterocycles. The van der Waals surface area contributed by atoms with Crippen LogP contribution in [0.5, 0.6) is 0 Å². The number of aliphatic hydroxyl groups excluding tert-OH is 1. The average Bonchev–Trinajstić information content (AvgIpc) is 2.34. The molecule has 0 bridgehead atoms. The zero-order chi connectivity index (χ0) is 13.5. The molecular formula is C9H13N5O4. The van der Waals surface area contributed by atoms with E-state index in [1.165, 1.54) is 12.3 Å². The van der Waals surface area contributed by atoms with E-state index in [-0.39, 0.29) is 13.2 Å². The van der Waals surface area contributed by atoms with Gasteiger partial charge in [-0.3, -0.25) is 14.3 Å². The summed E-state index contributed by atoms with van der Waals surface area (Å²) >= 11 is 0. The number of aromatic nitrogens is 2. The minimum atomic E-state index is -0.713. The van der Waals surface area contributed by atoms with Gasteiger partial charge in [0.15, 0.2) is 0 Å². The standard InChI is InChI=1S/C9H13N5O4/c1-6(18-7(5-15)4-11-13-10)14-3-2-8(16)12-9(14)17/h2-3,6-7,15H,4-5H2,1H3,(H,12,16,17). The van der Waals surface area contributed by atoms with Crippen molar-refractivity contribution in [3.63, 3.8) is 0 Å². The number of nitrogens with zero attached hydrogens (tertiary/aromatic N) is 4. The SMILES string of the molecule is CC(OC(CO)CN=[N+]=[N-])n1ccc(=O)[nH]c1=O. The lowest BCUT2D eigenvalue weighted by atomic mass is 10.4. The van der Waals surface area contributed by atoms with E-state index >= 15 is 0 Å². The van der Waals surface area contributed by atoms with Crippen molar-refractivity contribution in [1.29, 1.82) is 0 Å². The summed E-state index contributed by atoms with van der Waals surface area (Å²) in [6.07, 6.45) is -0.136. The van der Waals surface area contributed by atoms with Crippen LogP contribution in [0.1, 0.15) is 13.2 Å². The summed E-state index contributed by atoms with van der Waals surface area (Å²) in [5.41, 5.74) is 7.04. The van der Waals surface area contributed by atoms with Crippen molar-refractivity contribution in [1.82, 2.24) is 9.55 Å². The molecule has 1 heterocycles. The normalized spacial score (nSPS) is 13.7. The highest BCUT2D eigenvalue weighted by Crippen LogP contribution is 2.07. The molecule has 1 rings (SSSR count). The Balaban J connectivity index is 2.80. The molecule has 2 N–H and O–H groups in total. The van der Waals surface area contributed by atoms with E-state index < -0.39 is 23.6 Å². The van der Waals surface area contributed by atoms with Crippen molar-refractivity contribution in [3.05, 3.63) is 43.5 Å². The van der Waals surface area contributed by atoms with Gasteiger partial charge in [0.2, 0.25) is 0 Å². The van der Waals surface area contributed by atoms with Gasteiger partial charge in [0.05, 0.1) is 19.3 Å². The van der Waals surface area contributed by atoms with Gasteiger partial charge in [0.1, 0.15) is 6.23 Å². The number of hydrogen-bond donors (Lipinski definition) is 2. The monoisotopic (exact) mass is 255 g/mol. The fraction of sp³-hybridized carbons (Fsp3) is 0.556. The van der Waals surface area contributed by atoms with Crippen molar-refractivity contribution in [2.24, 2.45) is 5.11 Å². The molecule has 0 spiro atoms. The number of ether oxygens (including phenoxy) is 1. The highest BCUT2D eigenvalue weighted by Gasteiger charge is 2.14. The van der Waals surface area contributed by atoms with Gasteiger partial charge in [-0.15, -0.1) is 0 Å². The first-order valence-corrected chi connectivity index (χ1v) is 5.17. The molecule has 0 aliphatic carbocycles. The van der Waals surface area contributed by atoms with E-state index in [1.807, 2.05) is 0 Å². The minimum Gasteiger partial charge on any atom is -0.394 e. The summed E-state index contributed by atoms with van der Waals surface area (Å²) in [5, 5.41) is 12.3. The van der Waals surface area contributed by atoms with Gasteiger partial charge in [-0.2, -0.15) is 0 Å². The molecule has 2 unspecified atom stereocenters. The van der Waals surface area contributed by atoms with Crippen LogP contribution in [0.15, 0.2) is 27.0 Å². The van der Waals surface area contributed by atoms with Gasteiger partial charge in [-0.25, -0.2) is 4.79 Å². The largest absolute Gasteiger partial charge is 0.394 e. The second-order valence-electron chi connectivity index (χ2n) is 3.47. The third-order valence-electron chi connectivity index (χ3n) is 2.18. The van der Waals surface area contributed by atoms with E-state index in [1.54, 1.807) is 6.92 Å². The molecule has 9 nitrogen and oxygen atoms in total. The molecule has 0 aromatic carbocycles. The Morgan fingerprint density at radius 3 is 2.94 bits per heavy atom. The van der Waals surface area contributed by atoms with Gasteiger partial charge in [0.25, 0.3) is 5.56 Å². The Kier molecular flexibility index (Phi) is 5.12. The summed E-state index contributed by atoms with van der Waals surface area (Å²) in [6, 6.07) is 1.18. The Morgan fingerprint density at radius 2 is 2.39 bits per heavy atom. The van der Waals surface area contributed by atoms with Gasteiger partial charge < -0.3 is 9.84 Å². The lowest BCUT2D eigenvalue weighted by Gasteiger charge is -2.20. The number of H-pyrrole nitrogens is 1. The number of aliphatic hydroxyl groups is 1. The highest BCUT2D eigenvalue weighted by atomic mass is 16.5. The molecule has 1 aromatic rings. The van der Waals surface area contributed by atoms with Crippen LogP contribution >= 0.6 is 0 Å². The molecule has 0 saturated heterocycles. The summed E-state index contributed by atoms with van der Waals surface area (Å²) in [4.78, 5) is 27.0. The summed E-state index contributed by atoms with van der Waals surface area (Å²) in [5.74, 6) is 0. The molecule has 0 aliphatic heterocycles. The summed E-state index contributed by atoms with van der Waals surface area (Å²) in [7, 11) is 0. The predicted octanol–water partition coefficient (Wildman–Crippen LogP) is -0.257. The van der Waals surface area contributed by atoms with Crippen LogP contribution < -0.4 is 11.2 Å². The Morgan fingerprint density at radius 1 is 1.67 bits per heavy atom. The Bertz CT molecular complexity index is 544. The Hall–Kier alpha value is -2.09. The van der Waals surface area contributed by atoms with E-state index in [0.717, 1.165) is 4.57 Å². The molecule has 0 fully saturated rings. The second kappa shape index (κ2) is 6.60. The van der Waals surface area contributed by atoms with Crippen LogP contribution in [0, 0.1) is 0 Å². The van der Waals surface area contributed by atoms with Crippen LogP contribution in [0.4, 0.5) is 0 Å². The highest BCUT2D eigenvalue weighted by molar-refractivity contribution is 4.83. The van der Waals surface area contributed by atoms with Crippen molar-refractivity contribution in [2.75, 3.05) is 13.2 Å². The number of azide groups is 1. The molecule has 0 amide bonds. The third kappa shape index (κ3) is 3.74. The molecule has 2 atom stereocenters. The number of hydrogen-bond acceptors (Lipinski definition) is 5. The first-order valence-electron chi connectivity index (χ1n) is 5.17. The molecule has 0 aliphatic rings. The molecule has 18 heavy (non-hydrogen) atoms. The van der Waals surface area contributed by atoms with Crippen LogP contribution in [0.2, 0.25) is 0 Å². The van der Waals surface area contributed by atoms with Crippen molar-refractivity contribution >= 4 is 0 Å². The molecule has 98 valence electrons. The van der Waals surface area contributed by atoms with Crippen molar-refractivity contribution < 1.29 is 9.84 Å². The Labute approximate surface area is 101 Å². The molecule has 0 radical (unpaired) electrons. The average molecular weight is 255 g/mol. The molecule has 9 heteroatoms. The molecule has 0 saturated carbocycles. The van der Waals surface area contributed by atoms with E-state index in [9.17, 15) is 9.59 Å². The van der Waals surface area contributed by atoms with Crippen molar-refractivity contribution in [2.45, 2.75) is 19.3 Å². The lowest BCUT2D eigenvalue weighted by molar-refractivity contribution is -0.0622. The van der Waals surface area contributed by atoms with Crippen LogP contribution in [-0.4, -0.2) is 33.9 Å². The van der Waals surface area contributed by atoms with Gasteiger partial charge >= 0.3 is 5.69 Å². The van der Waals surface area contributed by atoms with E-state index in [0.29, 0.717) is 0 Å². The predicted molar refractivity (Wildman–Crippen MR) is 62.0 cm³/mol. The lowest BCUT2D eigenvalue weighted by Crippen LogP contribution is -2.34. The van der Waals surface area contributed by atoms with E-state index in [4.69, 9.17) is 15.4 Å². The third-order valence-corrected chi connectivity index (χ3v) is 2.18. The van der Waals surface area contributed by atoms with Gasteiger partial charge in [-0.1, -0.05) is 5.11 Å². The van der Waals surface area contributed by atoms with Crippen LogP contribution in [0.25, 0.3) is 10.4 Å². The number of nitrogens with one attached hydrogen (secondary N) is 1. The first-order chi connectivity index (χ1) is 8.58. The molecular weight excluding hydrogens is 242 g/mol. The second-order valence-corrected chi connectivity index (χ2v) is 3.47. The fourth-order valence-corrected chi connectivity index (χ4v) is 1.33. The summed E-state index contributed by atoms with van der Waals surface area (Å²) < 4.78 is 6.49. The van der Waals surface area contributed by atoms with Gasteiger partial charge in [-0.05, 0) is 12.5 Å². The summed E-state index contributed by atoms with van der Waals surface area (Å²) in [6.45, 7) is 1.18. The fourth-order valence-electron chi connectivity index (χ4n) is 1.33. The number of rotatable bonds is 6. The zero-order valence-corrected chi connectivity index (χ0v) is 9.68. The maximum absolute atomic E-state index is 11.4. The maximum Gasteiger partial charge on any atom is 0.330 e. The van der Waals surface area contributed by atoms with Gasteiger partial charge in [0, 0.05) is 17.2 Å². The van der Waals surface area contributed by atoms with Crippen LogP contribution in [0.3, 0.4) is 0 Å². The maximum atomic E-state index is 11.4. The zero-order valence-electron chi connectivity index (χ0n) is 9.68. The van der Waals surface area contributed by atoms with Crippen molar-refractivity contribution in [3.8, 4) is 0 Å². The van der Waals surface area contributed by atoms with E-state index in [2.05, 4.69) is 15.0 Å². The van der Waals surface area contributed by atoms with Crippen LogP contribution in [-0.2, 0) is 4.74 Å². The topological polar surface area (TPSA) is 133 Å².